The Morgan fingerprint density at radius 2 is 2.00 bits per heavy atom. The molecule has 0 amide bonds. The SMILES string of the molecule is CN(C/C=C/C#CC(C)(C)C)Cc1ccc(Cl)c2ccsc12.Cl. The molecule has 0 saturated heterocycles. The Kier molecular flexibility index (Phi) is 7.64. The lowest BCUT2D eigenvalue weighted by Gasteiger charge is -2.15. The van der Waals surface area contributed by atoms with Crippen molar-refractivity contribution in [2.75, 3.05) is 13.6 Å². The monoisotopic (exact) mass is 367 g/mol. The van der Waals surface area contributed by atoms with E-state index in [2.05, 4.69) is 68.1 Å². The summed E-state index contributed by atoms with van der Waals surface area (Å²) in [6.07, 6.45) is 4.06. The van der Waals surface area contributed by atoms with Crippen molar-refractivity contribution in [2.24, 2.45) is 5.41 Å². The molecule has 0 aliphatic carbocycles. The van der Waals surface area contributed by atoms with Gasteiger partial charge in [0, 0.05) is 33.6 Å². The molecule has 1 aromatic carbocycles. The molecule has 2 rings (SSSR count). The highest BCUT2D eigenvalue weighted by Crippen LogP contribution is 2.31. The van der Waals surface area contributed by atoms with E-state index in [0.29, 0.717) is 0 Å². The first-order valence-corrected chi connectivity index (χ1v) is 8.63. The molecule has 1 heterocycles. The Hall–Kier alpha value is -0.980. The van der Waals surface area contributed by atoms with Gasteiger partial charge in [0.2, 0.25) is 0 Å². The zero-order valence-electron chi connectivity index (χ0n) is 14.0. The molecule has 124 valence electrons. The molecule has 2 aromatic rings. The van der Waals surface area contributed by atoms with Crippen LogP contribution in [0, 0.1) is 17.3 Å². The quantitative estimate of drug-likeness (QED) is 0.597. The van der Waals surface area contributed by atoms with Crippen molar-refractivity contribution >= 4 is 45.4 Å². The third kappa shape index (κ3) is 6.20. The Balaban J connectivity index is 0.00000264. The third-order valence-electron chi connectivity index (χ3n) is 3.15. The van der Waals surface area contributed by atoms with Crippen molar-refractivity contribution < 1.29 is 0 Å². The molecule has 23 heavy (non-hydrogen) atoms. The Labute approximate surface area is 154 Å². The first-order valence-electron chi connectivity index (χ1n) is 7.37. The zero-order valence-corrected chi connectivity index (χ0v) is 16.4. The molecule has 0 atom stereocenters. The van der Waals surface area contributed by atoms with Gasteiger partial charge in [-0.05, 0) is 57.0 Å². The van der Waals surface area contributed by atoms with Crippen LogP contribution in [0.15, 0.2) is 35.7 Å². The number of nitrogens with zero attached hydrogens (tertiary/aromatic N) is 1. The average molecular weight is 368 g/mol. The summed E-state index contributed by atoms with van der Waals surface area (Å²) in [5.41, 5.74) is 1.38. The molecule has 1 nitrogen and oxygen atoms in total. The normalized spacial score (nSPS) is 11.6. The highest BCUT2D eigenvalue weighted by molar-refractivity contribution is 7.17. The molecule has 0 unspecified atom stereocenters. The molecular weight excluding hydrogens is 345 g/mol. The minimum atomic E-state index is 0. The highest BCUT2D eigenvalue weighted by Gasteiger charge is 2.07. The van der Waals surface area contributed by atoms with E-state index in [1.165, 1.54) is 10.3 Å². The number of benzene rings is 1. The van der Waals surface area contributed by atoms with Crippen LogP contribution in [0.25, 0.3) is 10.1 Å². The minimum absolute atomic E-state index is 0. The summed E-state index contributed by atoms with van der Waals surface area (Å²) in [7, 11) is 2.12. The van der Waals surface area contributed by atoms with Crippen LogP contribution in [0.1, 0.15) is 26.3 Å². The summed E-state index contributed by atoms with van der Waals surface area (Å²) in [6.45, 7) is 8.14. The number of thiophene rings is 1. The van der Waals surface area contributed by atoms with E-state index in [1.807, 2.05) is 12.1 Å². The first-order chi connectivity index (χ1) is 10.4. The Morgan fingerprint density at radius 3 is 2.70 bits per heavy atom. The van der Waals surface area contributed by atoms with E-state index >= 15 is 0 Å². The van der Waals surface area contributed by atoms with E-state index < -0.39 is 0 Å². The summed E-state index contributed by atoms with van der Waals surface area (Å²) >= 11 is 7.98. The van der Waals surface area contributed by atoms with Gasteiger partial charge in [0.1, 0.15) is 0 Å². The summed E-state index contributed by atoms with van der Waals surface area (Å²) in [5, 5.41) is 4.09. The van der Waals surface area contributed by atoms with Gasteiger partial charge in [-0.25, -0.2) is 0 Å². The van der Waals surface area contributed by atoms with Gasteiger partial charge >= 0.3 is 0 Å². The Bertz CT molecular complexity index is 729. The van der Waals surface area contributed by atoms with Crippen LogP contribution in [0.2, 0.25) is 5.02 Å². The topological polar surface area (TPSA) is 3.24 Å². The molecule has 1 aromatic heterocycles. The van der Waals surface area contributed by atoms with Crippen molar-refractivity contribution in [3.05, 3.63) is 46.3 Å². The van der Waals surface area contributed by atoms with Gasteiger partial charge in [0.05, 0.1) is 0 Å². The van der Waals surface area contributed by atoms with Crippen LogP contribution in [-0.4, -0.2) is 18.5 Å². The average Bonchev–Trinajstić information content (AvgIpc) is 2.91. The number of halogens is 2. The number of hydrogen-bond donors (Lipinski definition) is 0. The van der Waals surface area contributed by atoms with Crippen LogP contribution < -0.4 is 0 Å². The van der Waals surface area contributed by atoms with E-state index in [4.69, 9.17) is 11.6 Å². The van der Waals surface area contributed by atoms with Gasteiger partial charge in [0.25, 0.3) is 0 Å². The van der Waals surface area contributed by atoms with Gasteiger partial charge in [0.15, 0.2) is 0 Å². The molecule has 0 bridgehead atoms. The molecule has 0 aliphatic heterocycles. The van der Waals surface area contributed by atoms with E-state index in [0.717, 1.165) is 23.5 Å². The van der Waals surface area contributed by atoms with Crippen molar-refractivity contribution in [3.8, 4) is 11.8 Å². The molecule has 0 N–H and O–H groups in total. The van der Waals surface area contributed by atoms with Gasteiger partial charge in [-0.2, -0.15) is 0 Å². The zero-order chi connectivity index (χ0) is 16.2. The minimum Gasteiger partial charge on any atom is -0.298 e. The van der Waals surface area contributed by atoms with Crippen molar-refractivity contribution in [2.45, 2.75) is 27.3 Å². The third-order valence-corrected chi connectivity index (χ3v) is 4.47. The number of fused-ring (bicyclic) bond motifs is 1. The smallest absolute Gasteiger partial charge is 0.0493 e. The summed E-state index contributed by atoms with van der Waals surface area (Å²) in [4.78, 5) is 2.28. The molecule has 0 radical (unpaired) electrons. The number of allylic oxidation sites excluding steroid dienone is 1. The summed E-state index contributed by atoms with van der Waals surface area (Å²) < 4.78 is 1.29. The second-order valence-electron chi connectivity index (χ2n) is 6.49. The molecule has 0 spiro atoms. The van der Waals surface area contributed by atoms with E-state index in [9.17, 15) is 0 Å². The fourth-order valence-corrected chi connectivity index (χ4v) is 3.32. The van der Waals surface area contributed by atoms with Crippen molar-refractivity contribution in [3.63, 3.8) is 0 Å². The second-order valence-corrected chi connectivity index (χ2v) is 7.81. The lowest BCUT2D eigenvalue weighted by Crippen LogP contribution is -2.17. The predicted molar refractivity (Wildman–Crippen MR) is 107 cm³/mol. The summed E-state index contributed by atoms with van der Waals surface area (Å²) in [5.74, 6) is 6.31. The van der Waals surface area contributed by atoms with Gasteiger partial charge in [-0.1, -0.05) is 35.6 Å². The van der Waals surface area contributed by atoms with Gasteiger partial charge < -0.3 is 0 Å². The summed E-state index contributed by atoms with van der Waals surface area (Å²) in [6, 6.07) is 6.21. The fraction of sp³-hybridized carbons (Fsp3) is 0.368. The molecular formula is C19H23Cl2NS. The second kappa shape index (κ2) is 8.76. The molecule has 0 saturated carbocycles. The standard InChI is InChI=1S/C19H22ClNS.ClH/c1-19(2,3)11-6-5-7-12-21(4)14-15-8-9-17(20)16-10-13-22-18(15)16;/h5,7-10,13H,12,14H2,1-4H3;1H/b7-5+;. The fourth-order valence-electron chi connectivity index (χ4n) is 2.11. The Morgan fingerprint density at radius 1 is 1.26 bits per heavy atom. The highest BCUT2D eigenvalue weighted by atomic mass is 35.5. The van der Waals surface area contributed by atoms with E-state index in [-0.39, 0.29) is 17.8 Å². The van der Waals surface area contributed by atoms with Crippen LogP contribution in [-0.2, 0) is 6.54 Å². The molecule has 0 aliphatic rings. The predicted octanol–water partition coefficient (Wildman–Crippen LogP) is 6.01. The first kappa shape index (κ1) is 20.1. The van der Waals surface area contributed by atoms with Gasteiger partial charge in [-0.15, -0.1) is 23.7 Å². The number of rotatable bonds is 4. The van der Waals surface area contributed by atoms with E-state index in [1.54, 1.807) is 11.3 Å². The maximum Gasteiger partial charge on any atom is 0.0493 e. The maximum absolute atomic E-state index is 6.23. The van der Waals surface area contributed by atoms with Crippen LogP contribution in [0.5, 0.6) is 0 Å². The van der Waals surface area contributed by atoms with Crippen LogP contribution in [0.3, 0.4) is 0 Å². The van der Waals surface area contributed by atoms with Crippen molar-refractivity contribution in [1.29, 1.82) is 0 Å². The van der Waals surface area contributed by atoms with Crippen LogP contribution >= 0.6 is 35.3 Å². The van der Waals surface area contributed by atoms with Crippen molar-refractivity contribution in [1.82, 2.24) is 4.90 Å². The number of likely N-dealkylation sites (N-methyl/N-ethyl adjacent to an activating group) is 1. The largest absolute Gasteiger partial charge is 0.298 e. The number of hydrogen-bond acceptors (Lipinski definition) is 2. The maximum atomic E-state index is 6.23. The molecule has 4 heteroatoms. The molecule has 0 fully saturated rings. The lowest BCUT2D eigenvalue weighted by molar-refractivity contribution is 0.365. The lowest BCUT2D eigenvalue weighted by atomic mass is 9.98. The van der Waals surface area contributed by atoms with Crippen LogP contribution in [0.4, 0.5) is 0 Å². The van der Waals surface area contributed by atoms with Gasteiger partial charge in [-0.3, -0.25) is 4.90 Å².